The van der Waals surface area contributed by atoms with Crippen LogP contribution >= 0.6 is 0 Å². The lowest BCUT2D eigenvalue weighted by molar-refractivity contribution is 0.739. The first-order valence-corrected chi connectivity index (χ1v) is 7.65. The summed E-state index contributed by atoms with van der Waals surface area (Å²) in [5, 5.41) is 8.40. The van der Waals surface area contributed by atoms with Crippen LogP contribution in [0.5, 0.6) is 0 Å². The predicted octanol–water partition coefficient (Wildman–Crippen LogP) is 2.55. The second kappa shape index (κ2) is 4.98. The summed E-state index contributed by atoms with van der Waals surface area (Å²) < 4.78 is 0. The summed E-state index contributed by atoms with van der Waals surface area (Å²) in [7, 11) is 0. The van der Waals surface area contributed by atoms with Crippen molar-refractivity contribution < 1.29 is 0 Å². The van der Waals surface area contributed by atoms with Crippen molar-refractivity contribution in [2.24, 2.45) is 0 Å². The van der Waals surface area contributed by atoms with Gasteiger partial charge in [0, 0.05) is 24.8 Å². The molecule has 1 saturated heterocycles. The molecule has 2 aliphatic heterocycles. The van der Waals surface area contributed by atoms with E-state index in [1.165, 1.54) is 24.1 Å². The number of fused-ring (bicyclic) bond motifs is 1. The fourth-order valence-electron chi connectivity index (χ4n) is 3.37. The highest BCUT2D eigenvalue weighted by Gasteiger charge is 2.28. The molecule has 0 spiro atoms. The number of hydrogen-bond acceptors (Lipinski definition) is 5. The van der Waals surface area contributed by atoms with E-state index in [9.17, 15) is 0 Å². The Morgan fingerprint density at radius 3 is 2.81 bits per heavy atom. The molecule has 1 aromatic carbocycles. The maximum Gasteiger partial charge on any atom is 0.247 e. The number of aromatic nitrogens is 3. The molecule has 4 rings (SSSR count). The molecule has 2 aliphatic rings. The molecule has 0 radical (unpaired) electrons. The molecule has 3 heterocycles. The van der Waals surface area contributed by atoms with Crippen molar-refractivity contribution in [3.63, 3.8) is 0 Å². The van der Waals surface area contributed by atoms with Gasteiger partial charge in [0.15, 0.2) is 5.82 Å². The van der Waals surface area contributed by atoms with Crippen LogP contribution in [-0.2, 0) is 6.42 Å². The topological polar surface area (TPSA) is 45.2 Å². The fourth-order valence-corrected chi connectivity index (χ4v) is 3.37. The number of nitrogens with zero attached hydrogens (tertiary/aromatic N) is 5. The molecule has 0 amide bonds. The zero-order valence-electron chi connectivity index (χ0n) is 12.2. The summed E-state index contributed by atoms with van der Waals surface area (Å²) in [5.41, 5.74) is 2.63. The summed E-state index contributed by atoms with van der Waals surface area (Å²) in [6, 6.07) is 8.95. The van der Waals surface area contributed by atoms with Gasteiger partial charge in [-0.15, -0.1) is 5.10 Å². The Hall–Kier alpha value is -2.17. The summed E-state index contributed by atoms with van der Waals surface area (Å²) in [5.74, 6) is 1.67. The van der Waals surface area contributed by atoms with Gasteiger partial charge in [0.25, 0.3) is 0 Å². The monoisotopic (exact) mass is 281 g/mol. The lowest BCUT2D eigenvalue weighted by atomic mass is 10.1. The second-order valence-corrected chi connectivity index (χ2v) is 5.86. The van der Waals surface area contributed by atoms with E-state index in [0.29, 0.717) is 6.04 Å². The van der Waals surface area contributed by atoms with Crippen LogP contribution in [0.1, 0.15) is 25.3 Å². The molecule has 108 valence electrons. The van der Waals surface area contributed by atoms with Gasteiger partial charge in [-0.3, -0.25) is 0 Å². The largest absolute Gasteiger partial charge is 0.339 e. The van der Waals surface area contributed by atoms with Gasteiger partial charge in [0.05, 0.1) is 6.20 Å². The van der Waals surface area contributed by atoms with Crippen molar-refractivity contribution in [2.45, 2.75) is 32.2 Å². The third-order valence-electron chi connectivity index (χ3n) is 4.38. The lowest BCUT2D eigenvalue weighted by Crippen LogP contribution is -2.27. The summed E-state index contributed by atoms with van der Waals surface area (Å²) in [4.78, 5) is 9.27. The third kappa shape index (κ3) is 2.13. The van der Waals surface area contributed by atoms with Gasteiger partial charge < -0.3 is 9.80 Å². The zero-order chi connectivity index (χ0) is 14.2. The van der Waals surface area contributed by atoms with Gasteiger partial charge in [0.1, 0.15) is 0 Å². The number of anilines is 3. The van der Waals surface area contributed by atoms with Crippen molar-refractivity contribution in [3.05, 3.63) is 36.0 Å². The molecule has 1 aromatic heterocycles. The van der Waals surface area contributed by atoms with Gasteiger partial charge in [-0.05, 0) is 37.8 Å². The molecule has 0 aliphatic carbocycles. The molecule has 2 aromatic rings. The van der Waals surface area contributed by atoms with Gasteiger partial charge >= 0.3 is 0 Å². The van der Waals surface area contributed by atoms with Crippen LogP contribution in [0.2, 0.25) is 0 Å². The van der Waals surface area contributed by atoms with Gasteiger partial charge in [0.2, 0.25) is 5.95 Å². The van der Waals surface area contributed by atoms with E-state index in [0.717, 1.165) is 31.3 Å². The Labute approximate surface area is 124 Å². The van der Waals surface area contributed by atoms with Crippen molar-refractivity contribution in [3.8, 4) is 0 Å². The first-order valence-electron chi connectivity index (χ1n) is 7.65. The van der Waals surface area contributed by atoms with E-state index in [2.05, 4.69) is 51.2 Å². The summed E-state index contributed by atoms with van der Waals surface area (Å²) in [6.07, 6.45) is 5.27. The highest BCUT2D eigenvalue weighted by molar-refractivity contribution is 5.68. The quantitative estimate of drug-likeness (QED) is 0.846. The molecular weight excluding hydrogens is 262 g/mol. The van der Waals surface area contributed by atoms with Crippen LogP contribution in [0.3, 0.4) is 0 Å². The number of para-hydroxylation sites is 1. The maximum atomic E-state index is 4.76. The lowest BCUT2D eigenvalue weighted by Gasteiger charge is -2.24. The van der Waals surface area contributed by atoms with Crippen LogP contribution in [0.15, 0.2) is 30.5 Å². The Balaban J connectivity index is 1.71. The Kier molecular flexibility index (Phi) is 2.98. The van der Waals surface area contributed by atoms with E-state index in [4.69, 9.17) is 4.98 Å². The molecule has 1 fully saturated rings. The fraction of sp³-hybridized carbons (Fsp3) is 0.438. The Bertz CT molecular complexity index is 651. The predicted molar refractivity (Wildman–Crippen MR) is 83.0 cm³/mol. The van der Waals surface area contributed by atoms with Crippen LogP contribution in [0.25, 0.3) is 0 Å². The number of hydrogen-bond donors (Lipinski definition) is 0. The molecule has 21 heavy (non-hydrogen) atoms. The minimum Gasteiger partial charge on any atom is -0.339 e. The molecule has 1 unspecified atom stereocenters. The summed E-state index contributed by atoms with van der Waals surface area (Å²) in [6.45, 7) is 4.31. The highest BCUT2D eigenvalue weighted by Crippen LogP contribution is 2.37. The van der Waals surface area contributed by atoms with Gasteiger partial charge in [-0.2, -0.15) is 10.1 Å². The molecule has 5 nitrogen and oxygen atoms in total. The normalized spacial score (nSPS) is 20.9. The SMILES string of the molecule is CC1Cc2ccccc2N1c1cnnc(N2CCCC2)n1. The zero-order valence-corrected chi connectivity index (χ0v) is 12.2. The van der Waals surface area contributed by atoms with Crippen LogP contribution in [0, 0.1) is 0 Å². The van der Waals surface area contributed by atoms with E-state index >= 15 is 0 Å². The first-order chi connectivity index (χ1) is 10.3. The van der Waals surface area contributed by atoms with Crippen LogP contribution in [0.4, 0.5) is 17.5 Å². The van der Waals surface area contributed by atoms with Crippen molar-refractivity contribution >= 4 is 17.5 Å². The Morgan fingerprint density at radius 1 is 1.14 bits per heavy atom. The standard InChI is InChI=1S/C16H19N5/c1-12-10-13-6-2-3-7-14(13)21(12)15-11-17-19-16(18-15)20-8-4-5-9-20/h2-3,6-7,11-12H,4-5,8-10H2,1H3. The minimum absolute atomic E-state index is 0.408. The molecule has 5 heteroatoms. The molecule has 0 saturated carbocycles. The van der Waals surface area contributed by atoms with Gasteiger partial charge in [-0.1, -0.05) is 18.2 Å². The molecule has 1 atom stereocenters. The number of rotatable bonds is 2. The number of benzene rings is 1. The average molecular weight is 281 g/mol. The molecular formula is C16H19N5. The Morgan fingerprint density at radius 2 is 1.95 bits per heavy atom. The maximum absolute atomic E-state index is 4.76. The van der Waals surface area contributed by atoms with E-state index in [1.54, 1.807) is 6.20 Å². The average Bonchev–Trinajstić information content (AvgIpc) is 3.14. The first kappa shape index (κ1) is 12.6. The third-order valence-corrected chi connectivity index (χ3v) is 4.38. The summed E-state index contributed by atoms with van der Waals surface area (Å²) >= 11 is 0. The highest BCUT2D eigenvalue weighted by atomic mass is 15.4. The molecule has 0 N–H and O–H groups in total. The smallest absolute Gasteiger partial charge is 0.247 e. The van der Waals surface area contributed by atoms with E-state index in [-0.39, 0.29) is 0 Å². The van der Waals surface area contributed by atoms with E-state index in [1.807, 2.05) is 0 Å². The van der Waals surface area contributed by atoms with Crippen molar-refractivity contribution in [1.29, 1.82) is 0 Å². The van der Waals surface area contributed by atoms with E-state index < -0.39 is 0 Å². The van der Waals surface area contributed by atoms with Crippen LogP contribution in [-0.4, -0.2) is 34.3 Å². The second-order valence-electron chi connectivity index (χ2n) is 5.86. The van der Waals surface area contributed by atoms with Gasteiger partial charge in [-0.25, -0.2) is 0 Å². The minimum atomic E-state index is 0.408. The molecule has 0 bridgehead atoms. The van der Waals surface area contributed by atoms with Crippen LogP contribution < -0.4 is 9.80 Å². The van der Waals surface area contributed by atoms with Crippen molar-refractivity contribution in [2.75, 3.05) is 22.9 Å². The van der Waals surface area contributed by atoms with Crippen molar-refractivity contribution in [1.82, 2.24) is 15.2 Å².